The minimum Gasteiger partial charge on any atom is -0.493 e. The van der Waals surface area contributed by atoms with Crippen molar-refractivity contribution >= 4 is 22.8 Å². The molecule has 1 aliphatic heterocycles. The number of aliphatic hydroxyl groups is 1. The Morgan fingerprint density at radius 1 is 1.26 bits per heavy atom. The highest BCUT2D eigenvalue weighted by molar-refractivity contribution is 6.09. The number of rotatable bonds is 8. The highest BCUT2D eigenvalue weighted by Crippen LogP contribution is 2.38. The summed E-state index contributed by atoms with van der Waals surface area (Å²) in [5.74, 6) is -0.269. The monoisotopic (exact) mass is 545 g/mol. The Morgan fingerprint density at radius 2 is 2.03 bits per heavy atom. The Balaban J connectivity index is 1.43. The van der Waals surface area contributed by atoms with Crippen molar-refractivity contribution < 1.29 is 32.6 Å². The zero-order valence-electron chi connectivity index (χ0n) is 21.6. The minimum atomic E-state index is -2.69. The maximum atomic E-state index is 14.9. The van der Waals surface area contributed by atoms with Crippen LogP contribution >= 0.6 is 0 Å². The molecule has 2 amide bonds. The largest absolute Gasteiger partial charge is 0.493 e. The summed E-state index contributed by atoms with van der Waals surface area (Å²) in [6.07, 6.45) is -1.90. The number of aliphatic hydroxyl groups excluding tert-OH is 1. The van der Waals surface area contributed by atoms with E-state index < -0.39 is 36.6 Å². The van der Waals surface area contributed by atoms with Gasteiger partial charge in [0.1, 0.15) is 35.6 Å². The van der Waals surface area contributed by atoms with Gasteiger partial charge in [0.05, 0.1) is 30.3 Å². The quantitative estimate of drug-likeness (QED) is 0.397. The van der Waals surface area contributed by atoms with Crippen LogP contribution in [0.2, 0.25) is 0 Å². The van der Waals surface area contributed by atoms with Gasteiger partial charge in [0.15, 0.2) is 0 Å². The van der Waals surface area contributed by atoms with Crippen molar-refractivity contribution in [3.8, 4) is 17.0 Å². The fourth-order valence-electron chi connectivity index (χ4n) is 4.86. The van der Waals surface area contributed by atoms with E-state index in [1.165, 1.54) is 36.4 Å². The van der Waals surface area contributed by atoms with Gasteiger partial charge in [-0.25, -0.2) is 23.1 Å². The Morgan fingerprint density at radius 3 is 2.69 bits per heavy atom. The van der Waals surface area contributed by atoms with Crippen molar-refractivity contribution in [3.05, 3.63) is 41.3 Å². The number of carbonyl (C=O) groups is 2. The summed E-state index contributed by atoms with van der Waals surface area (Å²) in [5.41, 5.74) is 1.75. The second-order valence-corrected chi connectivity index (χ2v) is 10.2. The van der Waals surface area contributed by atoms with Crippen LogP contribution in [0.5, 0.6) is 5.75 Å². The van der Waals surface area contributed by atoms with E-state index in [1.807, 2.05) is 0 Å². The summed E-state index contributed by atoms with van der Waals surface area (Å²) in [5, 5.41) is 12.2. The van der Waals surface area contributed by atoms with Crippen LogP contribution in [0, 0.1) is 12.8 Å². The zero-order chi connectivity index (χ0) is 27.8. The van der Waals surface area contributed by atoms with E-state index in [0.717, 1.165) is 12.8 Å². The molecular formula is C27H30F3N5O4. The molecule has 1 aromatic carbocycles. The Hall–Kier alpha value is -3.67. The number of nitrogens with one attached hydrogen (secondary N) is 2. The first kappa shape index (κ1) is 26.9. The van der Waals surface area contributed by atoms with Gasteiger partial charge in [-0.15, -0.1) is 0 Å². The predicted octanol–water partition coefficient (Wildman–Crippen LogP) is 3.71. The van der Waals surface area contributed by atoms with Gasteiger partial charge in [-0.2, -0.15) is 0 Å². The SMILES string of the molecule is Cc1[nH]c2c(-c3cc(C(F)F)ccc3OCC3CC3)ncnc2c1C(=O)N[C@H]1CCN(C(=O)[C@H](C)O)C[C@@H]1F. The Labute approximate surface area is 222 Å². The van der Waals surface area contributed by atoms with Crippen molar-refractivity contribution in [2.45, 2.75) is 57.9 Å². The number of nitrogens with zero attached hydrogens (tertiary/aromatic N) is 3. The number of alkyl halides is 3. The van der Waals surface area contributed by atoms with Crippen molar-refractivity contribution in [2.24, 2.45) is 5.92 Å². The average molecular weight is 546 g/mol. The van der Waals surface area contributed by atoms with Crippen LogP contribution in [0.3, 0.4) is 0 Å². The van der Waals surface area contributed by atoms with Crippen LogP contribution in [0.4, 0.5) is 13.2 Å². The molecule has 5 rings (SSSR count). The molecule has 3 atom stereocenters. The molecule has 0 radical (unpaired) electrons. The van der Waals surface area contributed by atoms with Crippen molar-refractivity contribution in [2.75, 3.05) is 19.7 Å². The number of halogens is 3. The number of ether oxygens (including phenoxy) is 1. The van der Waals surface area contributed by atoms with Gasteiger partial charge < -0.3 is 25.0 Å². The number of hydrogen-bond donors (Lipinski definition) is 3. The highest BCUT2D eigenvalue weighted by Gasteiger charge is 2.34. The van der Waals surface area contributed by atoms with Gasteiger partial charge in [-0.05, 0) is 57.2 Å². The van der Waals surface area contributed by atoms with Gasteiger partial charge in [0, 0.05) is 23.4 Å². The third-order valence-electron chi connectivity index (χ3n) is 7.21. The molecule has 3 heterocycles. The summed E-state index contributed by atoms with van der Waals surface area (Å²) in [7, 11) is 0. The molecule has 0 unspecified atom stereocenters. The molecule has 2 aliphatic rings. The van der Waals surface area contributed by atoms with Gasteiger partial charge in [-0.3, -0.25) is 9.59 Å². The number of aromatic amines is 1. The lowest BCUT2D eigenvalue weighted by Gasteiger charge is -2.35. The molecule has 0 spiro atoms. The Kier molecular flexibility index (Phi) is 7.48. The molecule has 3 aromatic rings. The topological polar surface area (TPSA) is 120 Å². The lowest BCUT2D eigenvalue weighted by Crippen LogP contribution is -2.55. The van der Waals surface area contributed by atoms with Crippen LogP contribution in [0.1, 0.15) is 54.2 Å². The standard InChI is InChI=1S/C27H30F3N5O4/c1-13-21(26(37)34-19-7-8-35(10-18(19)28)27(38)14(2)36)23-24(33-13)22(31-12-32-23)17-9-16(25(29)30)5-6-20(17)39-11-15-3-4-15/h5-6,9,12,14-15,18-19,25,33,36H,3-4,7-8,10-11H2,1-2H3,(H,34,37)/t14-,18-,19-/m0/s1. The number of H-pyrrole nitrogens is 1. The van der Waals surface area contributed by atoms with E-state index in [4.69, 9.17) is 4.74 Å². The van der Waals surface area contributed by atoms with Gasteiger partial charge in [-0.1, -0.05) is 0 Å². The third-order valence-corrected chi connectivity index (χ3v) is 7.21. The van der Waals surface area contributed by atoms with Crippen LogP contribution < -0.4 is 10.1 Å². The molecule has 1 saturated carbocycles. The number of benzene rings is 1. The van der Waals surface area contributed by atoms with Crippen molar-refractivity contribution in [1.82, 2.24) is 25.2 Å². The van der Waals surface area contributed by atoms with Crippen molar-refractivity contribution in [1.29, 1.82) is 0 Å². The first-order valence-electron chi connectivity index (χ1n) is 12.9. The molecule has 9 nitrogen and oxygen atoms in total. The summed E-state index contributed by atoms with van der Waals surface area (Å²) in [4.78, 5) is 38.3. The molecule has 12 heteroatoms. The normalized spacial score (nSPS) is 20.3. The van der Waals surface area contributed by atoms with E-state index in [1.54, 1.807) is 6.92 Å². The molecule has 3 N–H and O–H groups in total. The smallest absolute Gasteiger partial charge is 0.263 e. The number of fused-ring (bicyclic) bond motifs is 1. The maximum Gasteiger partial charge on any atom is 0.263 e. The van der Waals surface area contributed by atoms with Crippen LogP contribution in [-0.4, -0.2) is 74.8 Å². The fraction of sp³-hybridized carbons (Fsp3) is 0.481. The number of likely N-dealkylation sites (tertiary alicyclic amines) is 1. The fourth-order valence-corrected chi connectivity index (χ4v) is 4.86. The Bertz CT molecular complexity index is 1390. The van der Waals surface area contributed by atoms with Gasteiger partial charge in [0.25, 0.3) is 18.2 Å². The van der Waals surface area contributed by atoms with Crippen LogP contribution in [0.25, 0.3) is 22.3 Å². The zero-order valence-corrected chi connectivity index (χ0v) is 21.6. The summed E-state index contributed by atoms with van der Waals surface area (Å²) >= 11 is 0. The predicted molar refractivity (Wildman–Crippen MR) is 136 cm³/mol. The number of amides is 2. The molecule has 2 aromatic heterocycles. The number of piperidine rings is 1. The third kappa shape index (κ3) is 5.56. The number of hydrogen-bond acceptors (Lipinski definition) is 6. The van der Waals surface area contributed by atoms with E-state index in [-0.39, 0.29) is 36.2 Å². The summed E-state index contributed by atoms with van der Waals surface area (Å²) in [6, 6.07) is 3.32. The van der Waals surface area contributed by atoms with E-state index in [2.05, 4.69) is 20.3 Å². The van der Waals surface area contributed by atoms with E-state index >= 15 is 0 Å². The first-order chi connectivity index (χ1) is 18.6. The van der Waals surface area contributed by atoms with Gasteiger partial charge >= 0.3 is 0 Å². The van der Waals surface area contributed by atoms with E-state index in [0.29, 0.717) is 40.7 Å². The number of aromatic nitrogens is 3. The second-order valence-electron chi connectivity index (χ2n) is 10.2. The van der Waals surface area contributed by atoms with Crippen molar-refractivity contribution in [3.63, 3.8) is 0 Å². The summed E-state index contributed by atoms with van der Waals surface area (Å²) in [6.45, 7) is 3.41. The molecule has 0 bridgehead atoms. The number of aryl methyl sites for hydroxylation is 1. The van der Waals surface area contributed by atoms with Gasteiger partial charge in [0.2, 0.25) is 0 Å². The molecular weight excluding hydrogens is 515 g/mol. The molecule has 39 heavy (non-hydrogen) atoms. The lowest BCUT2D eigenvalue weighted by atomic mass is 10.0. The lowest BCUT2D eigenvalue weighted by molar-refractivity contribution is -0.141. The van der Waals surface area contributed by atoms with E-state index in [9.17, 15) is 27.9 Å². The van der Waals surface area contributed by atoms with Crippen LogP contribution in [0.15, 0.2) is 24.5 Å². The molecule has 1 saturated heterocycles. The molecule has 208 valence electrons. The second kappa shape index (κ2) is 10.8. The molecule has 2 fully saturated rings. The maximum absolute atomic E-state index is 14.9. The summed E-state index contributed by atoms with van der Waals surface area (Å²) < 4.78 is 48.0. The first-order valence-corrected chi connectivity index (χ1v) is 12.9. The number of carbonyl (C=O) groups excluding carboxylic acids is 2. The van der Waals surface area contributed by atoms with Crippen LogP contribution in [-0.2, 0) is 4.79 Å². The molecule has 1 aliphatic carbocycles. The minimum absolute atomic E-state index is 0.176. The average Bonchev–Trinajstić information content (AvgIpc) is 3.67. The highest BCUT2D eigenvalue weighted by atomic mass is 19.3.